The van der Waals surface area contributed by atoms with Crippen LogP contribution in [0, 0.1) is 5.92 Å². The molecule has 0 aromatic carbocycles. The minimum atomic E-state index is -1.04. The molecule has 0 aromatic rings. The van der Waals surface area contributed by atoms with Crippen molar-refractivity contribution >= 4 is 79.0 Å². The van der Waals surface area contributed by atoms with Gasteiger partial charge in [-0.05, 0) is 34.6 Å². The molecule has 6 atom stereocenters. The summed E-state index contributed by atoms with van der Waals surface area (Å²) >= 11 is 0. The first-order valence-electron chi connectivity index (χ1n) is 24.4. The molecule has 0 bridgehead atoms. The summed E-state index contributed by atoms with van der Waals surface area (Å²) in [6.45, 7) is 30.7. The molecule has 0 spiro atoms. The summed E-state index contributed by atoms with van der Waals surface area (Å²) in [6.07, 6.45) is -5.62. The zero-order valence-electron chi connectivity index (χ0n) is 45.3. The molecule has 438 valence electrons. The Hall–Kier alpha value is -3.48. The van der Waals surface area contributed by atoms with Gasteiger partial charge < -0.3 is 69.7 Å². The van der Waals surface area contributed by atoms with Gasteiger partial charge >= 0.3 is 35.8 Å². The average Bonchev–Trinajstić information content (AvgIpc) is 3.35. The van der Waals surface area contributed by atoms with Crippen molar-refractivity contribution in [3.05, 3.63) is 60.8 Å². The van der Waals surface area contributed by atoms with Gasteiger partial charge in [-0.2, -0.15) is 0 Å². The summed E-state index contributed by atoms with van der Waals surface area (Å²) in [5, 5.41) is 67.4. The highest BCUT2D eigenvalue weighted by molar-refractivity contribution is 8.77. The molecular weight excluding hydrogens is 1070 g/mol. The Kier molecular flexibility index (Phi) is 44.5. The Balaban J connectivity index is 0. The summed E-state index contributed by atoms with van der Waals surface area (Å²) < 4.78 is 29.9. The van der Waals surface area contributed by atoms with Crippen molar-refractivity contribution < 1.29 is 87.8 Å². The van der Waals surface area contributed by atoms with Gasteiger partial charge in [0.2, 0.25) is 0 Å². The fourth-order valence-electron chi connectivity index (χ4n) is 5.19. The molecule has 0 saturated carbocycles. The molecule has 26 heteroatoms. The summed E-state index contributed by atoms with van der Waals surface area (Å²) in [5.74, 6) is -0.792. The normalized spacial score (nSPS) is 13.5. The second-order valence-electron chi connectivity index (χ2n) is 17.8. The van der Waals surface area contributed by atoms with Gasteiger partial charge in [-0.25, -0.2) is 24.0 Å². The summed E-state index contributed by atoms with van der Waals surface area (Å²) in [6, 6.07) is 0. The highest BCUT2D eigenvalue weighted by Gasteiger charge is 2.22. The van der Waals surface area contributed by atoms with E-state index in [-0.39, 0.29) is 88.5 Å². The second-order valence-corrected chi connectivity index (χ2v) is 23.2. The standard InChI is InChI=1S/C32H54N2O12S2.C18H32N2O6S2/c1-21(2)29(39)43-17-25(35)13-33(14-26(36)18-44-30(40)22(3)4)9-11-47-48-12-10-34(15-27(37)19-45-31(41)23(5)6)16-28(38)20-46-32(42)24(7)8;1-13(2)17(23)25-11-15(21)9-19-5-7-27-28-8-6-20-10-16(22)12-26-18(24)14(3)4/h24-28,35-38H,1,3,5,9-20H2,2,4,6-8H3;15-16,19-22H,1,3,5-12H2,2,4H3. The highest BCUT2D eigenvalue weighted by atomic mass is 33.1. The molecule has 0 amide bonds. The number of ether oxygens (including phenoxy) is 6. The fraction of sp³-hybridized carbons (Fsp3) is 0.680. The zero-order valence-corrected chi connectivity index (χ0v) is 48.6. The van der Waals surface area contributed by atoms with Gasteiger partial charge in [-0.1, -0.05) is 89.9 Å². The summed E-state index contributed by atoms with van der Waals surface area (Å²) in [7, 11) is 6.42. The minimum absolute atomic E-state index is 0.0511. The Morgan fingerprint density at radius 3 is 0.895 bits per heavy atom. The van der Waals surface area contributed by atoms with E-state index in [1.807, 2.05) is 0 Å². The third-order valence-corrected chi connectivity index (χ3v) is 13.9. The van der Waals surface area contributed by atoms with Crippen molar-refractivity contribution in [2.75, 3.05) is 128 Å². The van der Waals surface area contributed by atoms with E-state index >= 15 is 0 Å². The predicted octanol–water partition coefficient (Wildman–Crippen LogP) is 1.48. The van der Waals surface area contributed by atoms with E-state index in [0.29, 0.717) is 48.8 Å². The molecule has 0 heterocycles. The van der Waals surface area contributed by atoms with Crippen LogP contribution >= 0.6 is 43.2 Å². The van der Waals surface area contributed by atoms with Gasteiger partial charge in [-0.3, -0.25) is 14.6 Å². The van der Waals surface area contributed by atoms with E-state index < -0.39 is 72.4 Å². The van der Waals surface area contributed by atoms with Gasteiger partial charge in [0.15, 0.2) is 0 Å². The van der Waals surface area contributed by atoms with Crippen molar-refractivity contribution in [1.29, 1.82) is 0 Å². The first-order valence-corrected chi connectivity index (χ1v) is 29.4. The maximum absolute atomic E-state index is 11.8. The molecule has 0 rings (SSSR count). The van der Waals surface area contributed by atoms with Crippen molar-refractivity contribution in [3.63, 3.8) is 0 Å². The number of aliphatic hydroxyl groups is 6. The molecule has 0 aliphatic rings. The molecule has 0 aliphatic heterocycles. The number of nitrogens with one attached hydrogen (secondary N) is 2. The van der Waals surface area contributed by atoms with Crippen LogP contribution in [0.1, 0.15) is 48.5 Å². The van der Waals surface area contributed by atoms with Gasteiger partial charge in [0.1, 0.15) is 76.3 Å². The maximum Gasteiger partial charge on any atom is 0.333 e. The van der Waals surface area contributed by atoms with Gasteiger partial charge in [0.25, 0.3) is 0 Å². The molecule has 0 radical (unpaired) electrons. The zero-order chi connectivity index (χ0) is 58.2. The third kappa shape index (κ3) is 43.5. The van der Waals surface area contributed by atoms with Crippen LogP contribution in [-0.4, -0.2) is 241 Å². The maximum atomic E-state index is 11.8. The predicted molar refractivity (Wildman–Crippen MR) is 299 cm³/mol. The average molecular weight is 1160 g/mol. The molecule has 6 unspecified atom stereocenters. The van der Waals surface area contributed by atoms with Crippen molar-refractivity contribution in [3.8, 4) is 0 Å². The lowest BCUT2D eigenvalue weighted by Gasteiger charge is -2.27. The van der Waals surface area contributed by atoms with Crippen molar-refractivity contribution in [2.45, 2.75) is 85.1 Å². The topological polar surface area (TPSA) is 310 Å². The number of hydrogen-bond acceptors (Lipinski definition) is 26. The Labute approximate surface area is 465 Å². The molecule has 0 aromatic heterocycles. The van der Waals surface area contributed by atoms with E-state index in [1.54, 1.807) is 59.1 Å². The summed E-state index contributed by atoms with van der Waals surface area (Å²) in [4.78, 5) is 72.8. The van der Waals surface area contributed by atoms with Crippen LogP contribution in [0.5, 0.6) is 0 Å². The summed E-state index contributed by atoms with van der Waals surface area (Å²) in [5.41, 5.74) is 1.22. The number of hydrogen-bond donors (Lipinski definition) is 8. The third-order valence-electron chi connectivity index (χ3n) is 9.17. The molecular formula is C50H86N4O18S4. The molecule has 22 nitrogen and oxygen atoms in total. The van der Waals surface area contributed by atoms with E-state index in [1.165, 1.54) is 42.4 Å². The number of rotatable bonds is 44. The molecule has 0 aliphatic carbocycles. The lowest BCUT2D eigenvalue weighted by atomic mass is 10.2. The second kappa shape index (κ2) is 45.4. The smallest absolute Gasteiger partial charge is 0.333 e. The fourth-order valence-corrected chi connectivity index (χ4v) is 9.14. The van der Waals surface area contributed by atoms with E-state index in [9.17, 15) is 59.4 Å². The largest absolute Gasteiger partial charge is 0.463 e. The SMILES string of the molecule is C=C(C)C(=O)OCC(O)CN(CCSSCCN(CC(O)COC(=O)C(=C)C)CC(O)COC(=O)C(C)C)CC(O)COC(=O)C(=C)C.C=C(C)C(=O)OCC(O)CNCCSSCCNCC(O)COC(=O)C(=C)C. The Morgan fingerprint density at radius 1 is 0.408 bits per heavy atom. The molecule has 76 heavy (non-hydrogen) atoms. The number of carbonyl (C=O) groups excluding carboxylic acids is 6. The molecule has 0 fully saturated rings. The van der Waals surface area contributed by atoms with Crippen LogP contribution in [0.15, 0.2) is 60.8 Å². The van der Waals surface area contributed by atoms with E-state index in [2.05, 4.69) is 43.5 Å². The first-order chi connectivity index (χ1) is 35.7. The van der Waals surface area contributed by atoms with Gasteiger partial charge in [0.05, 0.1) is 5.92 Å². The highest BCUT2D eigenvalue weighted by Crippen LogP contribution is 2.22. The van der Waals surface area contributed by atoms with Gasteiger partial charge in [0, 0.05) is 116 Å². The van der Waals surface area contributed by atoms with Crippen LogP contribution in [-0.2, 0) is 57.2 Å². The van der Waals surface area contributed by atoms with Crippen molar-refractivity contribution in [2.24, 2.45) is 5.92 Å². The van der Waals surface area contributed by atoms with Gasteiger partial charge in [-0.15, -0.1) is 0 Å². The number of carbonyl (C=O) groups is 6. The first kappa shape index (κ1) is 74.6. The van der Waals surface area contributed by atoms with Crippen LogP contribution in [0.4, 0.5) is 0 Å². The van der Waals surface area contributed by atoms with Crippen LogP contribution in [0.25, 0.3) is 0 Å². The Bertz CT molecular complexity index is 1720. The van der Waals surface area contributed by atoms with E-state index in [0.717, 1.165) is 24.6 Å². The number of nitrogens with zero attached hydrogens (tertiary/aromatic N) is 2. The van der Waals surface area contributed by atoms with Crippen molar-refractivity contribution in [1.82, 2.24) is 20.4 Å². The van der Waals surface area contributed by atoms with Crippen LogP contribution < -0.4 is 10.6 Å². The number of esters is 6. The van der Waals surface area contributed by atoms with Crippen LogP contribution in [0.3, 0.4) is 0 Å². The molecule has 8 N–H and O–H groups in total. The molecule has 0 saturated heterocycles. The monoisotopic (exact) mass is 1160 g/mol. The minimum Gasteiger partial charge on any atom is -0.463 e. The lowest BCUT2D eigenvalue weighted by Crippen LogP contribution is -2.42. The van der Waals surface area contributed by atoms with Crippen LogP contribution in [0.2, 0.25) is 0 Å². The number of aliphatic hydroxyl groups excluding tert-OH is 6. The Morgan fingerprint density at radius 2 is 0.645 bits per heavy atom. The van der Waals surface area contributed by atoms with E-state index in [4.69, 9.17) is 28.4 Å². The quantitative estimate of drug-likeness (QED) is 0.0141. The lowest BCUT2D eigenvalue weighted by molar-refractivity contribution is -0.150.